The normalized spacial score (nSPS) is 20.4. The highest BCUT2D eigenvalue weighted by molar-refractivity contribution is 5.54. The van der Waals surface area contributed by atoms with E-state index >= 15 is 0 Å². The Morgan fingerprint density at radius 2 is 1.62 bits per heavy atom. The Bertz CT molecular complexity index is 1780. The van der Waals surface area contributed by atoms with E-state index in [2.05, 4.69) is 61.2 Å². The summed E-state index contributed by atoms with van der Waals surface area (Å²) in [6.45, 7) is 8.70. The summed E-state index contributed by atoms with van der Waals surface area (Å²) in [6, 6.07) is 22.1. The molecule has 0 aliphatic carbocycles. The van der Waals surface area contributed by atoms with Crippen molar-refractivity contribution >= 4 is 11.4 Å². The molecule has 13 heteroatoms. The number of rotatable bonds is 11. The molecule has 7 rings (SSSR count). The number of ether oxygens (including phenoxy) is 3. The summed E-state index contributed by atoms with van der Waals surface area (Å²) in [5.41, 5.74) is 3.70. The van der Waals surface area contributed by atoms with Gasteiger partial charge < -0.3 is 24.0 Å². The van der Waals surface area contributed by atoms with E-state index in [0.29, 0.717) is 25.5 Å². The van der Waals surface area contributed by atoms with E-state index < -0.39 is 5.79 Å². The van der Waals surface area contributed by atoms with Crippen LogP contribution >= 0.6 is 0 Å². The topological polar surface area (TPSA) is 118 Å². The Morgan fingerprint density at radius 3 is 2.26 bits per heavy atom. The molecule has 0 spiro atoms. The Balaban J connectivity index is 0.913. The summed E-state index contributed by atoms with van der Waals surface area (Å²) in [5, 5.41) is 8.52. The fourth-order valence-electron chi connectivity index (χ4n) is 6.02. The molecule has 0 unspecified atom stereocenters. The van der Waals surface area contributed by atoms with Crippen LogP contribution in [0.25, 0.3) is 5.69 Å². The van der Waals surface area contributed by atoms with Gasteiger partial charge in [0.1, 0.15) is 49.7 Å². The van der Waals surface area contributed by atoms with Gasteiger partial charge in [0.25, 0.3) is 0 Å². The Morgan fingerprint density at radius 1 is 0.915 bits per heavy atom. The van der Waals surface area contributed by atoms with Gasteiger partial charge in [-0.05, 0) is 74.0 Å². The lowest BCUT2D eigenvalue weighted by Gasteiger charge is -2.37. The molecule has 5 heterocycles. The number of aromatic nitrogens is 7. The Kier molecular flexibility index (Phi) is 8.72. The molecule has 0 bridgehead atoms. The maximum Gasteiger partial charge on any atom is 0.350 e. The van der Waals surface area contributed by atoms with Crippen LogP contribution < -0.4 is 20.2 Å². The average Bonchev–Trinajstić information content (AvgIpc) is 3.89. The van der Waals surface area contributed by atoms with Gasteiger partial charge in [-0.3, -0.25) is 4.98 Å². The van der Waals surface area contributed by atoms with Crippen molar-refractivity contribution < 1.29 is 14.2 Å². The number of pyridine rings is 1. The van der Waals surface area contributed by atoms with Gasteiger partial charge in [0.2, 0.25) is 5.79 Å². The number of benzene rings is 2. The van der Waals surface area contributed by atoms with Crippen LogP contribution in [-0.2, 0) is 21.8 Å². The second kappa shape index (κ2) is 13.4. The maximum atomic E-state index is 12.8. The predicted octanol–water partition coefficient (Wildman–Crippen LogP) is 3.67. The van der Waals surface area contributed by atoms with E-state index in [4.69, 9.17) is 14.2 Å². The van der Waals surface area contributed by atoms with Crippen molar-refractivity contribution in [2.24, 2.45) is 0 Å². The molecule has 5 aromatic rings. The molecule has 13 nitrogen and oxygen atoms in total. The molecule has 3 aromatic heterocycles. The number of nitrogens with zero attached hydrogens (tertiary/aromatic N) is 9. The molecule has 2 aromatic carbocycles. The van der Waals surface area contributed by atoms with Gasteiger partial charge in [-0.2, -0.15) is 10.2 Å². The summed E-state index contributed by atoms with van der Waals surface area (Å²) in [7, 11) is 0. The number of hydrogen-bond acceptors (Lipinski definition) is 10. The lowest BCUT2D eigenvalue weighted by atomic mass is 10.1. The first-order valence-electron chi connectivity index (χ1n) is 16.1. The van der Waals surface area contributed by atoms with Crippen LogP contribution in [0.1, 0.15) is 32.0 Å². The van der Waals surface area contributed by atoms with Gasteiger partial charge in [-0.25, -0.2) is 23.7 Å². The molecule has 2 saturated heterocycles. The van der Waals surface area contributed by atoms with Crippen molar-refractivity contribution in [2.75, 3.05) is 49.2 Å². The monoisotopic (exact) mass is 637 g/mol. The number of anilines is 2. The first kappa shape index (κ1) is 30.6. The quantitative estimate of drug-likeness (QED) is 0.212. The SMILES string of the molecule is CC[C@@H](C)n1ncn(-c2ccc(N3CCN(c4ccc(OC[C@@H]5CO[C@@](Cn6cncn6)(c6ccccn6)O5)cc4)CC3)cc2)c1=O. The highest BCUT2D eigenvalue weighted by atomic mass is 16.8. The van der Waals surface area contributed by atoms with Crippen molar-refractivity contribution in [3.8, 4) is 11.4 Å². The largest absolute Gasteiger partial charge is 0.491 e. The highest BCUT2D eigenvalue weighted by Crippen LogP contribution is 2.35. The Labute approximate surface area is 272 Å². The van der Waals surface area contributed by atoms with Crippen molar-refractivity contribution in [2.45, 2.75) is 44.7 Å². The van der Waals surface area contributed by atoms with E-state index in [-0.39, 0.29) is 17.8 Å². The molecule has 0 radical (unpaired) electrons. The molecule has 2 fully saturated rings. The summed E-state index contributed by atoms with van der Waals surface area (Å²) in [6.07, 6.45) is 7.03. The second-order valence-corrected chi connectivity index (χ2v) is 11.9. The fraction of sp³-hybridized carbons (Fsp3) is 0.382. The van der Waals surface area contributed by atoms with Gasteiger partial charge in [0, 0.05) is 43.8 Å². The second-order valence-electron chi connectivity index (χ2n) is 11.9. The molecule has 244 valence electrons. The Hall–Kier alpha value is -5.01. The third-order valence-corrected chi connectivity index (χ3v) is 8.86. The molecule has 47 heavy (non-hydrogen) atoms. The predicted molar refractivity (Wildman–Crippen MR) is 176 cm³/mol. The lowest BCUT2D eigenvalue weighted by Crippen LogP contribution is -2.46. The molecule has 0 saturated carbocycles. The number of piperazine rings is 1. The van der Waals surface area contributed by atoms with Crippen molar-refractivity contribution in [1.82, 2.24) is 34.1 Å². The highest BCUT2D eigenvalue weighted by Gasteiger charge is 2.45. The van der Waals surface area contributed by atoms with Crippen LogP contribution in [0.5, 0.6) is 5.75 Å². The molecule has 0 N–H and O–H groups in total. The van der Waals surface area contributed by atoms with Crippen LogP contribution in [0.2, 0.25) is 0 Å². The van der Waals surface area contributed by atoms with Gasteiger partial charge >= 0.3 is 5.69 Å². The van der Waals surface area contributed by atoms with Crippen molar-refractivity contribution in [3.05, 3.63) is 108 Å². The van der Waals surface area contributed by atoms with Crippen LogP contribution in [0.4, 0.5) is 11.4 Å². The minimum atomic E-state index is -1.06. The first-order chi connectivity index (χ1) is 23.0. The standard InChI is InChI=1S/C34H39N9O4/c1-3-26(2)43-33(44)42(25-38-43)29-9-7-27(8-10-29)39-16-18-40(19-17-39)28-11-13-30(14-12-28)45-20-31-21-46-34(47-31,22-41-24-35-23-37-41)32-6-4-5-15-36-32/h4-15,23-26,31H,3,16-22H2,1-2H3/t26-,31-,34-/m1/s1. The fourth-order valence-corrected chi connectivity index (χ4v) is 6.02. The van der Waals surface area contributed by atoms with E-state index in [1.807, 2.05) is 49.4 Å². The van der Waals surface area contributed by atoms with E-state index in [1.54, 1.807) is 32.8 Å². The molecular formula is C34H39N9O4. The van der Waals surface area contributed by atoms with Crippen LogP contribution in [0.3, 0.4) is 0 Å². The van der Waals surface area contributed by atoms with Crippen molar-refractivity contribution in [3.63, 3.8) is 0 Å². The van der Waals surface area contributed by atoms with E-state index in [1.165, 1.54) is 6.33 Å². The van der Waals surface area contributed by atoms with Gasteiger partial charge in [0.05, 0.1) is 18.3 Å². The zero-order valence-corrected chi connectivity index (χ0v) is 26.6. The summed E-state index contributed by atoms with van der Waals surface area (Å²) in [4.78, 5) is 26.1. The molecular weight excluding hydrogens is 598 g/mol. The van der Waals surface area contributed by atoms with Gasteiger partial charge in [0.15, 0.2) is 0 Å². The average molecular weight is 638 g/mol. The van der Waals surface area contributed by atoms with Crippen molar-refractivity contribution in [1.29, 1.82) is 0 Å². The maximum absolute atomic E-state index is 12.8. The van der Waals surface area contributed by atoms with Crippen LogP contribution in [-0.4, -0.2) is 79.6 Å². The molecule has 2 aliphatic heterocycles. The van der Waals surface area contributed by atoms with E-state index in [9.17, 15) is 4.79 Å². The molecule has 0 amide bonds. The first-order valence-corrected chi connectivity index (χ1v) is 16.1. The van der Waals surface area contributed by atoms with Crippen LogP contribution in [0, 0.1) is 0 Å². The third kappa shape index (κ3) is 6.49. The summed E-state index contributed by atoms with van der Waals surface area (Å²) >= 11 is 0. The van der Waals surface area contributed by atoms with E-state index in [0.717, 1.165) is 55.4 Å². The minimum absolute atomic E-state index is 0.0704. The van der Waals surface area contributed by atoms with Crippen LogP contribution in [0.15, 0.2) is 96.7 Å². The number of hydrogen-bond donors (Lipinski definition) is 0. The zero-order valence-electron chi connectivity index (χ0n) is 26.6. The zero-order chi connectivity index (χ0) is 32.2. The third-order valence-electron chi connectivity index (χ3n) is 8.86. The summed E-state index contributed by atoms with van der Waals surface area (Å²) < 4.78 is 23.6. The van der Waals surface area contributed by atoms with Gasteiger partial charge in [-0.15, -0.1) is 0 Å². The summed E-state index contributed by atoms with van der Waals surface area (Å²) in [5.74, 6) is -0.287. The smallest absolute Gasteiger partial charge is 0.350 e. The lowest BCUT2D eigenvalue weighted by molar-refractivity contribution is -0.193. The van der Waals surface area contributed by atoms with Gasteiger partial charge in [-0.1, -0.05) is 13.0 Å². The molecule has 2 aliphatic rings. The minimum Gasteiger partial charge on any atom is -0.491 e. The molecule has 3 atom stereocenters.